The first kappa shape index (κ1) is 14.8. The minimum atomic E-state index is -1.32. The predicted molar refractivity (Wildman–Crippen MR) is 62.8 cm³/mol. The van der Waals surface area contributed by atoms with E-state index in [-0.39, 0.29) is 23.7 Å². The number of carbonyl (C=O) groups excluding carboxylic acids is 1. The van der Waals surface area contributed by atoms with Crippen molar-refractivity contribution >= 4 is 29.4 Å². The number of carboxylic acid groups (broad SMARTS) is 2. The first-order chi connectivity index (χ1) is 8.90. The maximum atomic E-state index is 11.6. The predicted octanol–water partition coefficient (Wildman–Crippen LogP) is 0.178. The van der Waals surface area contributed by atoms with Crippen LogP contribution in [-0.2, 0) is 9.59 Å². The molecule has 102 valence electrons. The smallest absolute Gasteiger partial charge is 0.326 e. The normalized spacial score (nSPS) is 11.6. The first-order valence-electron chi connectivity index (χ1n) is 5.15. The molecule has 0 aliphatic heterocycles. The zero-order chi connectivity index (χ0) is 14.4. The van der Waals surface area contributed by atoms with E-state index in [1.165, 1.54) is 12.1 Å². The summed E-state index contributed by atoms with van der Waals surface area (Å²) in [5.74, 6) is -3.23. The number of rotatable bonds is 6. The Morgan fingerprint density at radius 1 is 1.26 bits per heavy atom. The van der Waals surface area contributed by atoms with Crippen LogP contribution < -0.4 is 5.32 Å². The van der Waals surface area contributed by atoms with Gasteiger partial charge in [0, 0.05) is 6.42 Å². The zero-order valence-corrected chi connectivity index (χ0v) is 10.3. The van der Waals surface area contributed by atoms with E-state index in [2.05, 4.69) is 15.5 Å². The molecule has 9 heteroatoms. The number of nitrogens with zero attached hydrogens (tertiary/aromatic N) is 2. The van der Waals surface area contributed by atoms with Gasteiger partial charge in [0.15, 0.2) is 10.8 Å². The summed E-state index contributed by atoms with van der Waals surface area (Å²) in [5.41, 5.74) is -0.106. The Morgan fingerprint density at radius 2 is 1.95 bits per heavy atom. The Hall–Kier alpha value is -2.22. The molecule has 1 aromatic heterocycles. The summed E-state index contributed by atoms with van der Waals surface area (Å²) in [5, 5.41) is 26.5. The molecule has 1 unspecified atom stereocenters. The zero-order valence-electron chi connectivity index (χ0n) is 9.54. The number of hydrogen-bond donors (Lipinski definition) is 3. The van der Waals surface area contributed by atoms with Gasteiger partial charge in [-0.15, -0.1) is 10.2 Å². The van der Waals surface area contributed by atoms with Crippen molar-refractivity contribution in [2.75, 3.05) is 0 Å². The highest BCUT2D eigenvalue weighted by molar-refractivity contribution is 6.29. The lowest BCUT2D eigenvalue weighted by molar-refractivity contribution is -0.140. The van der Waals surface area contributed by atoms with Gasteiger partial charge in [-0.2, -0.15) is 0 Å². The maximum Gasteiger partial charge on any atom is 0.326 e. The summed E-state index contributed by atoms with van der Waals surface area (Å²) >= 11 is 5.49. The summed E-state index contributed by atoms with van der Waals surface area (Å²) in [6.07, 6.45) is -0.596. The minimum absolute atomic E-state index is 0.0946. The average molecular weight is 288 g/mol. The van der Waals surface area contributed by atoms with Gasteiger partial charge >= 0.3 is 11.9 Å². The fourth-order valence-corrected chi connectivity index (χ4v) is 1.30. The number of hydrogen-bond acceptors (Lipinski definition) is 5. The van der Waals surface area contributed by atoms with E-state index in [9.17, 15) is 14.4 Å². The van der Waals surface area contributed by atoms with Crippen molar-refractivity contribution in [3.8, 4) is 0 Å². The lowest BCUT2D eigenvalue weighted by Crippen LogP contribution is -2.41. The largest absolute Gasteiger partial charge is 0.481 e. The SMILES string of the molecule is O=C(O)CCC(NC(=O)c1ccc(Cl)nn1)C(=O)O. The van der Waals surface area contributed by atoms with Crippen molar-refractivity contribution in [3.63, 3.8) is 0 Å². The minimum Gasteiger partial charge on any atom is -0.481 e. The molecule has 0 aliphatic rings. The topological polar surface area (TPSA) is 129 Å². The van der Waals surface area contributed by atoms with Crippen molar-refractivity contribution in [2.24, 2.45) is 0 Å². The highest BCUT2D eigenvalue weighted by atomic mass is 35.5. The van der Waals surface area contributed by atoms with E-state index < -0.39 is 23.9 Å². The fraction of sp³-hybridized carbons (Fsp3) is 0.300. The Morgan fingerprint density at radius 3 is 2.42 bits per heavy atom. The third-order valence-electron chi connectivity index (χ3n) is 2.11. The van der Waals surface area contributed by atoms with Crippen molar-refractivity contribution in [2.45, 2.75) is 18.9 Å². The van der Waals surface area contributed by atoms with E-state index in [1.54, 1.807) is 0 Å². The lowest BCUT2D eigenvalue weighted by Gasteiger charge is -2.12. The molecule has 0 saturated carbocycles. The van der Waals surface area contributed by atoms with E-state index in [0.29, 0.717) is 0 Å². The van der Waals surface area contributed by atoms with Crippen LogP contribution in [0, 0.1) is 0 Å². The molecule has 0 aliphatic carbocycles. The molecule has 0 fully saturated rings. The molecule has 3 N–H and O–H groups in total. The van der Waals surface area contributed by atoms with Crippen LogP contribution >= 0.6 is 11.6 Å². The molecule has 0 aromatic carbocycles. The number of halogens is 1. The fourth-order valence-electron chi connectivity index (χ4n) is 1.19. The van der Waals surface area contributed by atoms with E-state index >= 15 is 0 Å². The van der Waals surface area contributed by atoms with Crippen LogP contribution in [-0.4, -0.2) is 44.3 Å². The summed E-state index contributed by atoms with van der Waals surface area (Å²) in [6, 6.07) is 1.30. The Labute approximate surface area is 112 Å². The van der Waals surface area contributed by atoms with Crippen LogP contribution in [0.2, 0.25) is 5.15 Å². The molecule has 0 radical (unpaired) electrons. The van der Waals surface area contributed by atoms with Crippen LogP contribution in [0.15, 0.2) is 12.1 Å². The number of amides is 1. The van der Waals surface area contributed by atoms with Crippen molar-refractivity contribution in [3.05, 3.63) is 23.0 Å². The molecule has 0 spiro atoms. The van der Waals surface area contributed by atoms with Gasteiger partial charge in [-0.3, -0.25) is 9.59 Å². The van der Waals surface area contributed by atoms with Crippen LogP contribution in [0.25, 0.3) is 0 Å². The summed E-state index contributed by atoms with van der Waals surface area (Å²) in [6.45, 7) is 0. The Bertz CT molecular complexity index is 490. The second kappa shape index (κ2) is 6.64. The maximum absolute atomic E-state index is 11.6. The molecule has 1 aromatic rings. The third kappa shape index (κ3) is 4.88. The Kier molecular flexibility index (Phi) is 5.19. The van der Waals surface area contributed by atoms with Gasteiger partial charge < -0.3 is 15.5 Å². The second-order valence-electron chi connectivity index (χ2n) is 3.54. The molecular formula is C10H10ClN3O5. The van der Waals surface area contributed by atoms with Gasteiger partial charge in [0.1, 0.15) is 6.04 Å². The van der Waals surface area contributed by atoms with E-state index in [4.69, 9.17) is 21.8 Å². The van der Waals surface area contributed by atoms with Gasteiger partial charge in [-0.1, -0.05) is 11.6 Å². The highest BCUT2D eigenvalue weighted by Gasteiger charge is 2.22. The van der Waals surface area contributed by atoms with Gasteiger partial charge in [-0.25, -0.2) is 4.79 Å². The molecule has 8 nitrogen and oxygen atoms in total. The summed E-state index contributed by atoms with van der Waals surface area (Å²) < 4.78 is 0. The van der Waals surface area contributed by atoms with E-state index in [0.717, 1.165) is 0 Å². The Balaban J connectivity index is 2.68. The summed E-state index contributed by atoms with van der Waals surface area (Å²) in [4.78, 5) is 32.9. The standard InChI is InChI=1S/C10H10ClN3O5/c11-7-3-1-5(13-14-7)9(17)12-6(10(18)19)2-4-8(15)16/h1,3,6H,2,4H2,(H,12,17)(H,15,16)(H,18,19). The first-order valence-corrected chi connectivity index (χ1v) is 5.52. The number of aromatic nitrogens is 2. The van der Waals surface area contributed by atoms with Crippen molar-refractivity contribution < 1.29 is 24.6 Å². The lowest BCUT2D eigenvalue weighted by atomic mass is 10.1. The molecule has 0 bridgehead atoms. The molecule has 1 heterocycles. The quantitative estimate of drug-likeness (QED) is 0.680. The molecule has 1 amide bonds. The van der Waals surface area contributed by atoms with Gasteiger partial charge in [0.25, 0.3) is 5.91 Å². The van der Waals surface area contributed by atoms with Gasteiger partial charge in [-0.05, 0) is 18.6 Å². The third-order valence-corrected chi connectivity index (χ3v) is 2.32. The molecular weight excluding hydrogens is 278 g/mol. The average Bonchev–Trinajstić information content (AvgIpc) is 2.34. The number of carbonyl (C=O) groups is 3. The van der Waals surface area contributed by atoms with Crippen molar-refractivity contribution in [1.29, 1.82) is 0 Å². The molecule has 1 atom stereocenters. The second-order valence-corrected chi connectivity index (χ2v) is 3.93. The molecule has 19 heavy (non-hydrogen) atoms. The summed E-state index contributed by atoms with van der Waals surface area (Å²) in [7, 11) is 0. The van der Waals surface area contributed by atoms with Crippen LogP contribution in [0.5, 0.6) is 0 Å². The number of aliphatic carboxylic acids is 2. The van der Waals surface area contributed by atoms with Crippen LogP contribution in [0.3, 0.4) is 0 Å². The molecule has 0 saturated heterocycles. The highest BCUT2D eigenvalue weighted by Crippen LogP contribution is 2.04. The van der Waals surface area contributed by atoms with Crippen LogP contribution in [0.1, 0.15) is 23.3 Å². The van der Waals surface area contributed by atoms with Crippen molar-refractivity contribution in [1.82, 2.24) is 15.5 Å². The number of nitrogens with one attached hydrogen (secondary N) is 1. The van der Waals surface area contributed by atoms with Gasteiger partial charge in [0.2, 0.25) is 0 Å². The van der Waals surface area contributed by atoms with E-state index in [1.807, 2.05) is 0 Å². The number of carboxylic acids is 2. The van der Waals surface area contributed by atoms with Crippen LogP contribution in [0.4, 0.5) is 0 Å². The monoisotopic (exact) mass is 287 g/mol. The molecule has 1 rings (SSSR count). The van der Waals surface area contributed by atoms with Gasteiger partial charge in [0.05, 0.1) is 0 Å².